The Hall–Kier alpha value is -3.39. The number of alkyl halides is 2. The van der Waals surface area contributed by atoms with E-state index in [0.717, 1.165) is 53.0 Å². The third-order valence-corrected chi connectivity index (χ3v) is 5.61. The number of benzene rings is 2. The Morgan fingerprint density at radius 1 is 0.871 bits per heavy atom. The first-order chi connectivity index (χ1) is 15.2. The fourth-order valence-corrected chi connectivity index (χ4v) is 3.98. The summed E-state index contributed by atoms with van der Waals surface area (Å²) in [5, 5.41) is 1.02. The Morgan fingerprint density at radius 3 is 2.39 bits per heavy atom. The van der Waals surface area contributed by atoms with Crippen molar-refractivity contribution in [3.05, 3.63) is 72.8 Å². The average Bonchev–Trinajstić information content (AvgIpc) is 3.28. The number of anilines is 1. The number of para-hydroxylation sites is 1. The predicted molar refractivity (Wildman–Crippen MR) is 116 cm³/mol. The first-order valence-corrected chi connectivity index (χ1v) is 10.3. The number of imidazole rings is 1. The van der Waals surface area contributed by atoms with Crippen LogP contribution in [0.15, 0.2) is 67.0 Å². The van der Waals surface area contributed by atoms with Gasteiger partial charge in [0, 0.05) is 49.5 Å². The molecule has 0 atom stereocenters. The molecule has 1 fully saturated rings. The van der Waals surface area contributed by atoms with Crippen molar-refractivity contribution in [1.82, 2.24) is 24.4 Å². The van der Waals surface area contributed by atoms with E-state index in [9.17, 15) is 8.78 Å². The van der Waals surface area contributed by atoms with Crippen molar-refractivity contribution >= 4 is 16.7 Å². The van der Waals surface area contributed by atoms with Crippen molar-refractivity contribution in [2.75, 3.05) is 31.1 Å². The molecule has 0 aliphatic carbocycles. The normalized spacial score (nSPS) is 15.1. The highest BCUT2D eigenvalue weighted by molar-refractivity contribution is 5.91. The van der Waals surface area contributed by atoms with Crippen LogP contribution in [0.5, 0.6) is 0 Å². The molecule has 6 nitrogen and oxygen atoms in total. The summed E-state index contributed by atoms with van der Waals surface area (Å²) in [5.74, 6) is 2.01. The molecule has 31 heavy (non-hydrogen) atoms. The number of rotatable bonds is 5. The lowest BCUT2D eigenvalue weighted by Gasteiger charge is -2.35. The van der Waals surface area contributed by atoms with Gasteiger partial charge in [-0.05, 0) is 12.1 Å². The molecule has 1 aliphatic rings. The standard InChI is InChI=1S/C23H22F2N6/c24-23(25)31-11-10-26-20(31)16-29-12-14-30(15-13-29)22-18-8-4-5-9-19(18)27-21(28-22)17-6-2-1-3-7-17/h1-11,23H,12-16H2. The zero-order valence-electron chi connectivity index (χ0n) is 16.9. The van der Waals surface area contributed by atoms with Crippen molar-refractivity contribution in [2.45, 2.75) is 13.1 Å². The number of fused-ring (bicyclic) bond motifs is 1. The molecule has 1 aliphatic heterocycles. The van der Waals surface area contributed by atoms with Crippen molar-refractivity contribution in [3.8, 4) is 11.4 Å². The molecule has 0 N–H and O–H groups in total. The molecule has 2 aromatic carbocycles. The Balaban J connectivity index is 1.38. The van der Waals surface area contributed by atoms with Gasteiger partial charge < -0.3 is 4.90 Å². The van der Waals surface area contributed by atoms with E-state index in [0.29, 0.717) is 18.2 Å². The minimum atomic E-state index is -2.57. The van der Waals surface area contributed by atoms with E-state index in [2.05, 4.69) is 14.8 Å². The molecule has 5 rings (SSSR count). The Bertz CT molecular complexity index is 1170. The van der Waals surface area contributed by atoms with Crippen LogP contribution in [0.25, 0.3) is 22.3 Å². The van der Waals surface area contributed by atoms with Gasteiger partial charge in [0.05, 0.1) is 12.1 Å². The lowest BCUT2D eigenvalue weighted by molar-refractivity contribution is 0.0637. The second-order valence-corrected chi connectivity index (χ2v) is 7.55. The zero-order chi connectivity index (χ0) is 21.2. The van der Waals surface area contributed by atoms with E-state index < -0.39 is 6.55 Å². The van der Waals surface area contributed by atoms with Crippen LogP contribution in [0.4, 0.5) is 14.6 Å². The SMILES string of the molecule is FC(F)n1ccnc1CN1CCN(c2nc(-c3ccccc3)nc3ccccc23)CC1. The quantitative estimate of drug-likeness (QED) is 0.484. The smallest absolute Gasteiger partial charge is 0.319 e. The maximum absolute atomic E-state index is 13.1. The Kier molecular flexibility index (Phi) is 5.30. The second kappa shape index (κ2) is 8.39. The summed E-state index contributed by atoms with van der Waals surface area (Å²) in [6, 6.07) is 18.0. The third-order valence-electron chi connectivity index (χ3n) is 5.61. The van der Waals surface area contributed by atoms with Crippen LogP contribution >= 0.6 is 0 Å². The molecule has 0 bridgehead atoms. The maximum atomic E-state index is 13.1. The van der Waals surface area contributed by atoms with Crippen LogP contribution in [0.3, 0.4) is 0 Å². The summed E-state index contributed by atoms with van der Waals surface area (Å²) < 4.78 is 27.1. The largest absolute Gasteiger partial charge is 0.353 e. The highest BCUT2D eigenvalue weighted by atomic mass is 19.3. The minimum Gasteiger partial charge on any atom is -0.353 e. The second-order valence-electron chi connectivity index (χ2n) is 7.55. The molecule has 8 heteroatoms. The lowest BCUT2D eigenvalue weighted by Crippen LogP contribution is -2.46. The molecule has 1 saturated heterocycles. The lowest BCUT2D eigenvalue weighted by atomic mass is 10.1. The molecule has 2 aromatic heterocycles. The van der Waals surface area contributed by atoms with Crippen molar-refractivity contribution < 1.29 is 8.78 Å². The van der Waals surface area contributed by atoms with Crippen molar-refractivity contribution in [2.24, 2.45) is 0 Å². The number of halogens is 2. The summed E-state index contributed by atoms with van der Waals surface area (Å²) in [6.45, 7) is 0.840. The molecule has 0 amide bonds. The van der Waals surface area contributed by atoms with E-state index in [1.807, 2.05) is 54.6 Å². The van der Waals surface area contributed by atoms with Crippen LogP contribution in [0.2, 0.25) is 0 Å². The van der Waals surface area contributed by atoms with Gasteiger partial charge in [-0.2, -0.15) is 8.78 Å². The monoisotopic (exact) mass is 420 g/mol. The van der Waals surface area contributed by atoms with Gasteiger partial charge >= 0.3 is 6.55 Å². The Morgan fingerprint density at radius 2 is 1.61 bits per heavy atom. The summed E-state index contributed by atoms with van der Waals surface area (Å²) in [5.41, 5.74) is 1.89. The van der Waals surface area contributed by atoms with Crippen LogP contribution in [-0.4, -0.2) is 50.6 Å². The molecule has 4 aromatic rings. The molecule has 0 saturated carbocycles. The highest BCUT2D eigenvalue weighted by Crippen LogP contribution is 2.28. The number of aromatic nitrogens is 4. The number of piperazine rings is 1. The summed E-state index contributed by atoms with van der Waals surface area (Å²) >= 11 is 0. The average molecular weight is 420 g/mol. The van der Waals surface area contributed by atoms with Gasteiger partial charge in [0.1, 0.15) is 11.6 Å². The zero-order valence-corrected chi connectivity index (χ0v) is 16.9. The molecule has 0 unspecified atom stereocenters. The first kappa shape index (κ1) is 19.6. The minimum absolute atomic E-state index is 0.391. The van der Waals surface area contributed by atoms with Crippen LogP contribution in [0, 0.1) is 0 Å². The molecule has 0 radical (unpaired) electrons. The van der Waals surface area contributed by atoms with Gasteiger partial charge in [-0.15, -0.1) is 0 Å². The van der Waals surface area contributed by atoms with E-state index in [4.69, 9.17) is 9.97 Å². The summed E-state index contributed by atoms with van der Waals surface area (Å²) in [6.07, 6.45) is 2.75. The van der Waals surface area contributed by atoms with Gasteiger partial charge in [0.25, 0.3) is 0 Å². The van der Waals surface area contributed by atoms with E-state index in [1.165, 1.54) is 12.4 Å². The van der Waals surface area contributed by atoms with Crippen LogP contribution in [0.1, 0.15) is 12.4 Å². The van der Waals surface area contributed by atoms with Gasteiger partial charge in [-0.3, -0.25) is 9.47 Å². The molecule has 0 spiro atoms. The Labute approximate surface area is 178 Å². The van der Waals surface area contributed by atoms with Crippen molar-refractivity contribution in [1.29, 1.82) is 0 Å². The van der Waals surface area contributed by atoms with Gasteiger partial charge in [-0.25, -0.2) is 15.0 Å². The van der Waals surface area contributed by atoms with E-state index in [-0.39, 0.29) is 0 Å². The van der Waals surface area contributed by atoms with Gasteiger partial charge in [-0.1, -0.05) is 42.5 Å². The molecular formula is C23H22F2N6. The van der Waals surface area contributed by atoms with Gasteiger partial charge in [0.15, 0.2) is 5.82 Å². The fourth-order valence-electron chi connectivity index (χ4n) is 3.98. The molecular weight excluding hydrogens is 398 g/mol. The fraction of sp³-hybridized carbons (Fsp3) is 0.261. The molecule has 158 valence electrons. The first-order valence-electron chi connectivity index (χ1n) is 10.3. The third kappa shape index (κ3) is 3.98. The van der Waals surface area contributed by atoms with Crippen LogP contribution in [-0.2, 0) is 6.54 Å². The molecule has 3 heterocycles. The number of nitrogens with zero attached hydrogens (tertiary/aromatic N) is 6. The van der Waals surface area contributed by atoms with Crippen molar-refractivity contribution in [3.63, 3.8) is 0 Å². The van der Waals surface area contributed by atoms with E-state index in [1.54, 1.807) is 0 Å². The van der Waals surface area contributed by atoms with Gasteiger partial charge in [0.2, 0.25) is 0 Å². The number of hydrogen-bond acceptors (Lipinski definition) is 5. The summed E-state index contributed by atoms with van der Waals surface area (Å²) in [4.78, 5) is 18.2. The number of hydrogen-bond donors (Lipinski definition) is 0. The highest BCUT2D eigenvalue weighted by Gasteiger charge is 2.23. The van der Waals surface area contributed by atoms with E-state index >= 15 is 0 Å². The van der Waals surface area contributed by atoms with Crippen LogP contribution < -0.4 is 4.90 Å². The summed E-state index contributed by atoms with van der Waals surface area (Å²) in [7, 11) is 0. The predicted octanol–water partition coefficient (Wildman–Crippen LogP) is 4.21. The maximum Gasteiger partial charge on any atom is 0.319 e. The topological polar surface area (TPSA) is 50.1 Å².